The number of esters is 1. The first-order valence-corrected chi connectivity index (χ1v) is 7.25. The molecule has 2 atom stereocenters. The fraction of sp³-hybridized carbons (Fsp3) is 0.857. The van der Waals surface area contributed by atoms with Crippen molar-refractivity contribution in [3.63, 3.8) is 0 Å². The van der Waals surface area contributed by atoms with Gasteiger partial charge in [0.25, 0.3) is 0 Å². The van der Waals surface area contributed by atoms with Crippen molar-refractivity contribution in [3.8, 4) is 0 Å². The Labute approximate surface area is 115 Å². The molecule has 2 N–H and O–H groups in total. The summed E-state index contributed by atoms with van der Waals surface area (Å²) >= 11 is 0. The largest absolute Gasteiger partial charge is 0.464 e. The third kappa shape index (κ3) is 6.05. The van der Waals surface area contributed by atoms with E-state index >= 15 is 0 Å². The van der Waals surface area contributed by atoms with Crippen LogP contribution in [0, 0.1) is 11.8 Å². The summed E-state index contributed by atoms with van der Waals surface area (Å²) in [6, 6.07) is -0.542. The minimum Gasteiger partial charge on any atom is -0.464 e. The molecule has 5 nitrogen and oxygen atoms in total. The van der Waals surface area contributed by atoms with Crippen LogP contribution in [0.4, 0.5) is 0 Å². The van der Waals surface area contributed by atoms with Gasteiger partial charge >= 0.3 is 5.97 Å². The average Bonchev–Trinajstić information content (AvgIpc) is 3.19. The molecule has 0 aliphatic heterocycles. The molecule has 0 saturated heterocycles. The molecular weight excluding hydrogens is 244 g/mol. The van der Waals surface area contributed by atoms with Crippen LogP contribution in [-0.4, -0.2) is 37.6 Å². The van der Waals surface area contributed by atoms with Crippen molar-refractivity contribution in [2.24, 2.45) is 11.8 Å². The number of rotatable bonds is 9. The van der Waals surface area contributed by atoms with E-state index in [1.165, 1.54) is 12.8 Å². The highest BCUT2D eigenvalue weighted by Crippen LogP contribution is 2.27. The number of ether oxygens (including phenoxy) is 1. The monoisotopic (exact) mass is 270 g/mol. The van der Waals surface area contributed by atoms with E-state index in [1.807, 2.05) is 13.8 Å². The highest BCUT2D eigenvalue weighted by molar-refractivity contribution is 5.85. The van der Waals surface area contributed by atoms with Crippen molar-refractivity contribution < 1.29 is 14.3 Å². The molecule has 1 aliphatic carbocycles. The van der Waals surface area contributed by atoms with E-state index in [0.717, 1.165) is 18.9 Å². The maximum Gasteiger partial charge on any atom is 0.328 e. The average molecular weight is 270 g/mol. The van der Waals surface area contributed by atoms with Crippen LogP contribution in [0.25, 0.3) is 0 Å². The van der Waals surface area contributed by atoms with Gasteiger partial charge in [-0.1, -0.05) is 20.3 Å². The van der Waals surface area contributed by atoms with E-state index in [2.05, 4.69) is 10.6 Å². The van der Waals surface area contributed by atoms with E-state index in [9.17, 15) is 9.59 Å². The van der Waals surface area contributed by atoms with E-state index in [-0.39, 0.29) is 24.3 Å². The maximum absolute atomic E-state index is 11.8. The molecule has 1 aliphatic rings. The first kappa shape index (κ1) is 16.0. The van der Waals surface area contributed by atoms with Crippen molar-refractivity contribution in [1.82, 2.24) is 10.6 Å². The van der Waals surface area contributed by atoms with Crippen molar-refractivity contribution >= 4 is 11.9 Å². The van der Waals surface area contributed by atoms with Crippen molar-refractivity contribution in [1.29, 1.82) is 0 Å². The van der Waals surface area contributed by atoms with Crippen molar-refractivity contribution in [2.75, 3.05) is 19.7 Å². The normalized spacial score (nSPS) is 17.6. The van der Waals surface area contributed by atoms with Gasteiger partial charge in [-0.05, 0) is 38.1 Å². The van der Waals surface area contributed by atoms with Gasteiger partial charge in [0.05, 0.1) is 13.2 Å². The zero-order valence-electron chi connectivity index (χ0n) is 12.2. The SMILES string of the molecule is CCOC(=O)C(NC(=O)CNCC1CC1)C(C)CC. The fourth-order valence-corrected chi connectivity index (χ4v) is 1.84. The molecule has 0 aromatic heterocycles. The zero-order valence-corrected chi connectivity index (χ0v) is 12.2. The molecule has 1 amide bonds. The summed E-state index contributed by atoms with van der Waals surface area (Å²) < 4.78 is 5.01. The molecule has 19 heavy (non-hydrogen) atoms. The zero-order chi connectivity index (χ0) is 14.3. The number of hydrogen-bond donors (Lipinski definition) is 2. The van der Waals surface area contributed by atoms with Gasteiger partial charge in [0.2, 0.25) is 5.91 Å². The number of amides is 1. The van der Waals surface area contributed by atoms with E-state index in [4.69, 9.17) is 4.74 Å². The van der Waals surface area contributed by atoms with Crippen molar-refractivity contribution in [2.45, 2.75) is 46.1 Å². The minimum atomic E-state index is -0.542. The second-order valence-electron chi connectivity index (χ2n) is 5.26. The smallest absolute Gasteiger partial charge is 0.328 e. The quantitative estimate of drug-likeness (QED) is 0.615. The Balaban J connectivity index is 2.36. The molecule has 1 saturated carbocycles. The minimum absolute atomic E-state index is 0.0754. The lowest BCUT2D eigenvalue weighted by Crippen LogP contribution is -2.48. The lowest BCUT2D eigenvalue weighted by Gasteiger charge is -2.22. The van der Waals surface area contributed by atoms with Crippen LogP contribution in [0.15, 0.2) is 0 Å². The van der Waals surface area contributed by atoms with Crippen molar-refractivity contribution in [3.05, 3.63) is 0 Å². The molecule has 0 radical (unpaired) electrons. The summed E-state index contributed by atoms with van der Waals surface area (Å²) in [5.74, 6) is 0.334. The first-order chi connectivity index (χ1) is 9.08. The van der Waals surface area contributed by atoms with Gasteiger partial charge in [-0.25, -0.2) is 4.79 Å². The van der Waals surface area contributed by atoms with Crippen LogP contribution in [0.5, 0.6) is 0 Å². The molecule has 0 bridgehead atoms. The van der Waals surface area contributed by atoms with Gasteiger partial charge in [-0.15, -0.1) is 0 Å². The number of carbonyl (C=O) groups is 2. The molecule has 1 fully saturated rings. The second kappa shape index (κ2) is 8.15. The summed E-state index contributed by atoms with van der Waals surface area (Å²) in [5.41, 5.74) is 0. The summed E-state index contributed by atoms with van der Waals surface area (Å²) in [4.78, 5) is 23.6. The summed E-state index contributed by atoms with van der Waals surface area (Å²) in [5, 5.41) is 5.89. The Morgan fingerprint density at radius 2 is 2.00 bits per heavy atom. The fourth-order valence-electron chi connectivity index (χ4n) is 1.84. The Morgan fingerprint density at radius 1 is 1.32 bits per heavy atom. The summed E-state index contributed by atoms with van der Waals surface area (Å²) in [6.45, 7) is 7.20. The van der Waals surface area contributed by atoms with E-state index in [1.54, 1.807) is 6.92 Å². The van der Waals surface area contributed by atoms with Gasteiger partial charge in [0.1, 0.15) is 6.04 Å². The maximum atomic E-state index is 11.8. The first-order valence-electron chi connectivity index (χ1n) is 7.25. The van der Waals surface area contributed by atoms with Gasteiger partial charge < -0.3 is 15.4 Å². The molecule has 2 unspecified atom stereocenters. The van der Waals surface area contributed by atoms with Gasteiger partial charge in [0.15, 0.2) is 0 Å². The van der Waals surface area contributed by atoms with Gasteiger partial charge in [-0.2, -0.15) is 0 Å². The van der Waals surface area contributed by atoms with Gasteiger partial charge in [0, 0.05) is 0 Å². The molecule has 0 heterocycles. The highest BCUT2D eigenvalue weighted by atomic mass is 16.5. The lowest BCUT2D eigenvalue weighted by molar-refractivity contribution is -0.148. The van der Waals surface area contributed by atoms with E-state index < -0.39 is 6.04 Å². The third-order valence-electron chi connectivity index (χ3n) is 3.49. The van der Waals surface area contributed by atoms with Crippen LogP contribution in [0.3, 0.4) is 0 Å². The van der Waals surface area contributed by atoms with Gasteiger partial charge in [-0.3, -0.25) is 4.79 Å². The Morgan fingerprint density at radius 3 is 2.53 bits per heavy atom. The van der Waals surface area contributed by atoms with E-state index in [0.29, 0.717) is 6.61 Å². The molecule has 0 spiro atoms. The number of nitrogens with one attached hydrogen (secondary N) is 2. The van der Waals surface area contributed by atoms with Crippen LogP contribution >= 0.6 is 0 Å². The molecule has 0 aromatic carbocycles. The Kier molecular flexibility index (Phi) is 6.84. The Hall–Kier alpha value is -1.10. The third-order valence-corrected chi connectivity index (χ3v) is 3.49. The topological polar surface area (TPSA) is 67.4 Å². The predicted molar refractivity (Wildman–Crippen MR) is 73.6 cm³/mol. The molecule has 110 valence electrons. The molecular formula is C14H26N2O3. The lowest BCUT2D eigenvalue weighted by atomic mass is 9.99. The van der Waals surface area contributed by atoms with Crippen LogP contribution in [0.2, 0.25) is 0 Å². The van der Waals surface area contributed by atoms with Crippen LogP contribution < -0.4 is 10.6 Å². The standard InChI is InChI=1S/C14H26N2O3/c1-4-10(3)13(14(18)19-5-2)16-12(17)9-15-8-11-6-7-11/h10-11,13,15H,4-9H2,1-3H3,(H,16,17). The van der Waals surface area contributed by atoms with Crippen LogP contribution in [0.1, 0.15) is 40.0 Å². The highest BCUT2D eigenvalue weighted by Gasteiger charge is 2.27. The summed E-state index contributed by atoms with van der Waals surface area (Å²) in [7, 11) is 0. The summed E-state index contributed by atoms with van der Waals surface area (Å²) in [6.07, 6.45) is 3.33. The number of hydrogen-bond acceptors (Lipinski definition) is 4. The predicted octanol–water partition coefficient (Wildman–Crippen LogP) is 1.08. The molecule has 5 heteroatoms. The molecule has 1 rings (SSSR count). The second-order valence-corrected chi connectivity index (χ2v) is 5.26. The van der Waals surface area contributed by atoms with Crippen LogP contribution in [-0.2, 0) is 14.3 Å². The Bertz CT molecular complexity index is 303. The number of carbonyl (C=O) groups excluding carboxylic acids is 2. The molecule has 0 aromatic rings.